The normalized spacial score (nSPS) is 12.4. The maximum Gasteiger partial charge on any atom is 0.120 e. The third-order valence-electron chi connectivity index (χ3n) is 3.20. The lowest BCUT2D eigenvalue weighted by Crippen LogP contribution is -2.23. The van der Waals surface area contributed by atoms with E-state index in [0.717, 1.165) is 18.0 Å². The molecule has 1 aromatic heterocycles. The third-order valence-corrected chi connectivity index (χ3v) is 3.20. The molecule has 0 saturated carbocycles. The van der Waals surface area contributed by atoms with Crippen LogP contribution in [-0.4, -0.2) is 17.6 Å². The second-order valence-electron chi connectivity index (χ2n) is 5.49. The Balaban J connectivity index is 2.34. The highest BCUT2D eigenvalue weighted by Crippen LogP contribution is 2.25. The average Bonchev–Trinajstić information content (AvgIpc) is 2.44. The zero-order valence-corrected chi connectivity index (χ0v) is 13.3. The van der Waals surface area contributed by atoms with Gasteiger partial charge in [-0.2, -0.15) is 0 Å². The molecule has 1 heterocycles. The van der Waals surface area contributed by atoms with E-state index in [1.807, 2.05) is 38.2 Å². The monoisotopic (exact) mass is 284 g/mol. The molecule has 1 atom stereocenters. The molecule has 0 aliphatic rings. The van der Waals surface area contributed by atoms with Gasteiger partial charge in [-0.25, -0.2) is 0 Å². The van der Waals surface area contributed by atoms with Gasteiger partial charge in [0, 0.05) is 6.20 Å². The average molecular weight is 284 g/mol. The van der Waals surface area contributed by atoms with Crippen LogP contribution < -0.4 is 10.1 Å². The van der Waals surface area contributed by atoms with E-state index in [9.17, 15) is 0 Å². The first kappa shape index (κ1) is 15.5. The Kier molecular flexibility index (Phi) is 5.34. The summed E-state index contributed by atoms with van der Waals surface area (Å²) in [6.07, 6.45) is 2.04. The van der Waals surface area contributed by atoms with Gasteiger partial charge in [0.15, 0.2) is 0 Å². The van der Waals surface area contributed by atoms with Crippen LogP contribution >= 0.6 is 0 Å². The SMILES string of the molecule is CCNC(c1cccc(OC(C)C)c1)c1cc(C)ccn1. The van der Waals surface area contributed by atoms with Crippen LogP contribution in [0.4, 0.5) is 0 Å². The van der Waals surface area contributed by atoms with Crippen LogP contribution in [0.25, 0.3) is 0 Å². The number of pyridine rings is 1. The van der Waals surface area contributed by atoms with E-state index in [0.29, 0.717) is 0 Å². The van der Waals surface area contributed by atoms with Crippen molar-refractivity contribution in [2.24, 2.45) is 0 Å². The standard InChI is InChI=1S/C18H24N2O/c1-5-19-18(17-11-14(4)9-10-20-17)15-7-6-8-16(12-15)21-13(2)3/h6-13,18-19H,5H2,1-4H3. The number of aromatic nitrogens is 1. The van der Waals surface area contributed by atoms with Crippen molar-refractivity contribution in [2.45, 2.75) is 39.8 Å². The van der Waals surface area contributed by atoms with Crippen molar-refractivity contribution in [3.05, 3.63) is 59.4 Å². The Morgan fingerprint density at radius 2 is 2.00 bits per heavy atom. The summed E-state index contributed by atoms with van der Waals surface area (Å²) in [5.41, 5.74) is 3.43. The largest absolute Gasteiger partial charge is 0.491 e. The fourth-order valence-corrected chi connectivity index (χ4v) is 2.35. The van der Waals surface area contributed by atoms with Crippen LogP contribution in [0.3, 0.4) is 0 Å². The molecule has 0 aliphatic heterocycles. The minimum absolute atomic E-state index is 0.0885. The number of aryl methyl sites for hydroxylation is 1. The van der Waals surface area contributed by atoms with Crippen molar-refractivity contribution in [2.75, 3.05) is 6.54 Å². The number of rotatable bonds is 6. The number of nitrogens with one attached hydrogen (secondary N) is 1. The number of hydrogen-bond acceptors (Lipinski definition) is 3. The molecule has 0 radical (unpaired) electrons. The number of hydrogen-bond donors (Lipinski definition) is 1. The van der Waals surface area contributed by atoms with Gasteiger partial charge in [-0.15, -0.1) is 0 Å². The summed E-state index contributed by atoms with van der Waals surface area (Å²) in [7, 11) is 0. The molecule has 21 heavy (non-hydrogen) atoms. The van der Waals surface area contributed by atoms with Crippen LogP contribution in [0.2, 0.25) is 0 Å². The highest BCUT2D eigenvalue weighted by atomic mass is 16.5. The van der Waals surface area contributed by atoms with Crippen molar-refractivity contribution in [3.63, 3.8) is 0 Å². The first-order valence-electron chi connectivity index (χ1n) is 7.52. The summed E-state index contributed by atoms with van der Waals surface area (Å²) in [4.78, 5) is 4.52. The van der Waals surface area contributed by atoms with E-state index < -0.39 is 0 Å². The first-order chi connectivity index (χ1) is 10.1. The molecule has 1 aromatic carbocycles. The van der Waals surface area contributed by atoms with Gasteiger partial charge in [0.1, 0.15) is 5.75 Å². The third kappa shape index (κ3) is 4.30. The van der Waals surface area contributed by atoms with E-state index in [1.165, 1.54) is 11.1 Å². The molecule has 0 fully saturated rings. The van der Waals surface area contributed by atoms with E-state index in [4.69, 9.17) is 4.74 Å². The quantitative estimate of drug-likeness (QED) is 0.874. The molecule has 0 spiro atoms. The number of benzene rings is 1. The molecule has 1 N–H and O–H groups in total. The molecule has 3 heteroatoms. The molecular weight excluding hydrogens is 260 g/mol. The number of ether oxygens (including phenoxy) is 1. The summed E-state index contributed by atoms with van der Waals surface area (Å²) in [6.45, 7) is 9.16. The van der Waals surface area contributed by atoms with Gasteiger partial charge >= 0.3 is 0 Å². The predicted molar refractivity (Wildman–Crippen MR) is 86.7 cm³/mol. The summed E-state index contributed by atoms with van der Waals surface area (Å²) < 4.78 is 5.79. The van der Waals surface area contributed by atoms with Gasteiger partial charge in [0.25, 0.3) is 0 Å². The first-order valence-corrected chi connectivity index (χ1v) is 7.52. The second kappa shape index (κ2) is 7.23. The predicted octanol–water partition coefficient (Wildman–Crippen LogP) is 3.88. The van der Waals surface area contributed by atoms with Crippen molar-refractivity contribution in [3.8, 4) is 5.75 Å². The fraction of sp³-hybridized carbons (Fsp3) is 0.389. The minimum Gasteiger partial charge on any atom is -0.491 e. The maximum absolute atomic E-state index is 5.79. The molecule has 112 valence electrons. The van der Waals surface area contributed by atoms with Crippen molar-refractivity contribution >= 4 is 0 Å². The summed E-state index contributed by atoms with van der Waals surface area (Å²) in [6, 6.07) is 12.5. The van der Waals surface area contributed by atoms with Crippen molar-refractivity contribution in [1.29, 1.82) is 0 Å². The van der Waals surface area contributed by atoms with E-state index in [-0.39, 0.29) is 12.1 Å². The van der Waals surface area contributed by atoms with Gasteiger partial charge in [0.05, 0.1) is 17.8 Å². The van der Waals surface area contributed by atoms with Crippen molar-refractivity contribution < 1.29 is 4.74 Å². The smallest absolute Gasteiger partial charge is 0.120 e. The molecule has 0 saturated heterocycles. The molecule has 0 amide bonds. The Hall–Kier alpha value is -1.87. The topological polar surface area (TPSA) is 34.1 Å². The van der Waals surface area contributed by atoms with E-state index >= 15 is 0 Å². The Morgan fingerprint density at radius 3 is 2.67 bits per heavy atom. The van der Waals surface area contributed by atoms with Gasteiger partial charge < -0.3 is 10.1 Å². The minimum atomic E-state index is 0.0885. The molecule has 3 nitrogen and oxygen atoms in total. The van der Waals surface area contributed by atoms with Crippen LogP contribution in [0, 0.1) is 6.92 Å². The Bertz CT molecular complexity index is 581. The molecule has 0 bridgehead atoms. The highest BCUT2D eigenvalue weighted by Gasteiger charge is 2.15. The zero-order chi connectivity index (χ0) is 15.2. The summed E-state index contributed by atoms with van der Waals surface area (Å²) in [5, 5.41) is 3.50. The summed E-state index contributed by atoms with van der Waals surface area (Å²) >= 11 is 0. The molecule has 2 aromatic rings. The van der Waals surface area contributed by atoms with Gasteiger partial charge in [0.2, 0.25) is 0 Å². The molecular formula is C18H24N2O. The Morgan fingerprint density at radius 1 is 1.19 bits per heavy atom. The molecule has 1 unspecified atom stereocenters. The van der Waals surface area contributed by atoms with Crippen LogP contribution in [0.15, 0.2) is 42.6 Å². The lowest BCUT2D eigenvalue weighted by atomic mass is 10.0. The van der Waals surface area contributed by atoms with Crippen LogP contribution in [0.5, 0.6) is 5.75 Å². The molecule has 2 rings (SSSR count). The van der Waals surface area contributed by atoms with E-state index in [2.05, 4.69) is 42.3 Å². The van der Waals surface area contributed by atoms with Gasteiger partial charge in [-0.1, -0.05) is 19.1 Å². The zero-order valence-electron chi connectivity index (χ0n) is 13.3. The van der Waals surface area contributed by atoms with Crippen LogP contribution in [-0.2, 0) is 0 Å². The highest BCUT2D eigenvalue weighted by molar-refractivity contribution is 5.35. The lowest BCUT2D eigenvalue weighted by Gasteiger charge is -2.19. The summed E-state index contributed by atoms with van der Waals surface area (Å²) in [5.74, 6) is 0.901. The number of nitrogens with zero attached hydrogens (tertiary/aromatic N) is 1. The van der Waals surface area contributed by atoms with Crippen LogP contribution in [0.1, 0.15) is 43.6 Å². The fourth-order valence-electron chi connectivity index (χ4n) is 2.35. The van der Waals surface area contributed by atoms with Gasteiger partial charge in [-0.05, 0) is 62.7 Å². The van der Waals surface area contributed by atoms with Crippen molar-refractivity contribution in [1.82, 2.24) is 10.3 Å². The lowest BCUT2D eigenvalue weighted by molar-refractivity contribution is 0.242. The molecule has 0 aliphatic carbocycles. The maximum atomic E-state index is 5.79. The second-order valence-corrected chi connectivity index (χ2v) is 5.49. The Labute approximate surface area is 127 Å². The van der Waals surface area contributed by atoms with Gasteiger partial charge in [-0.3, -0.25) is 4.98 Å². The van der Waals surface area contributed by atoms with E-state index in [1.54, 1.807) is 0 Å².